The highest BCUT2D eigenvalue weighted by molar-refractivity contribution is 9.10. The fourth-order valence-electron chi connectivity index (χ4n) is 1.32. The van der Waals surface area contributed by atoms with Gasteiger partial charge < -0.3 is 10.4 Å². The van der Waals surface area contributed by atoms with Crippen molar-refractivity contribution in [1.82, 2.24) is 14.6 Å². The van der Waals surface area contributed by atoms with Crippen LogP contribution in [0.3, 0.4) is 0 Å². The summed E-state index contributed by atoms with van der Waals surface area (Å²) in [6.45, 7) is 0. The molecule has 8 heteroatoms. The normalized spacial score (nSPS) is 10.9. The lowest BCUT2D eigenvalue weighted by Gasteiger charge is -2.04. The monoisotopic (exact) mass is 310 g/mol. The number of amides is 1. The molecule has 2 aromatic heterocycles. The van der Waals surface area contributed by atoms with Crippen molar-refractivity contribution in [3.05, 3.63) is 35.2 Å². The quantitative estimate of drug-likeness (QED) is 0.827. The van der Waals surface area contributed by atoms with Gasteiger partial charge in [0.25, 0.3) is 0 Å². The van der Waals surface area contributed by atoms with Crippen molar-refractivity contribution in [2.24, 2.45) is 0 Å². The Morgan fingerprint density at radius 1 is 1.44 bits per heavy atom. The molecule has 92 valence electrons. The van der Waals surface area contributed by atoms with Gasteiger partial charge in [0.05, 0.1) is 5.69 Å². The van der Waals surface area contributed by atoms with Crippen LogP contribution in [0.4, 0.5) is 5.69 Å². The zero-order chi connectivity index (χ0) is 13.1. The van der Waals surface area contributed by atoms with Gasteiger partial charge in [-0.2, -0.15) is 0 Å². The Kier molecular flexibility index (Phi) is 3.38. The van der Waals surface area contributed by atoms with Crippen LogP contribution in [0.25, 0.3) is 5.65 Å². The van der Waals surface area contributed by atoms with Gasteiger partial charge in [0.15, 0.2) is 5.65 Å². The lowest BCUT2D eigenvalue weighted by molar-refractivity contribution is -0.131. The van der Waals surface area contributed by atoms with Crippen molar-refractivity contribution in [1.29, 1.82) is 0 Å². The van der Waals surface area contributed by atoms with E-state index in [4.69, 9.17) is 5.11 Å². The third kappa shape index (κ3) is 2.72. The second kappa shape index (κ2) is 4.96. The molecule has 1 amide bonds. The number of carbonyl (C=O) groups excluding carboxylic acids is 1. The number of nitrogens with zero attached hydrogens (tertiary/aromatic N) is 3. The summed E-state index contributed by atoms with van der Waals surface area (Å²) in [6.07, 6.45) is 4.91. The van der Waals surface area contributed by atoms with Crippen LogP contribution in [0.2, 0.25) is 0 Å². The van der Waals surface area contributed by atoms with Gasteiger partial charge in [-0.05, 0) is 22.0 Å². The largest absolute Gasteiger partial charge is 0.478 e. The number of fused-ring (bicyclic) bond motifs is 1. The second-order valence-electron chi connectivity index (χ2n) is 3.29. The number of aliphatic carboxylic acids is 1. The van der Waals surface area contributed by atoms with Crippen molar-refractivity contribution >= 4 is 39.1 Å². The number of carboxylic acids is 1. The van der Waals surface area contributed by atoms with E-state index in [0.29, 0.717) is 11.3 Å². The topological polar surface area (TPSA) is 96.6 Å². The van der Waals surface area contributed by atoms with Crippen LogP contribution in [0.5, 0.6) is 0 Å². The van der Waals surface area contributed by atoms with Crippen molar-refractivity contribution in [2.75, 3.05) is 5.32 Å². The van der Waals surface area contributed by atoms with Crippen molar-refractivity contribution < 1.29 is 14.7 Å². The Hall–Kier alpha value is -2.22. The standard InChI is InChI=1S/C10H7BrN4O3/c11-6-3-7(10-14-12-5-15(10)4-6)13-8(16)1-2-9(17)18/h1-5H,(H,13,16)(H,17,18)/b2-1+. The first-order valence-electron chi connectivity index (χ1n) is 4.77. The minimum absolute atomic E-state index is 0.432. The third-order valence-electron chi connectivity index (χ3n) is 1.99. The Bertz CT molecular complexity index is 650. The van der Waals surface area contributed by atoms with Gasteiger partial charge in [0.2, 0.25) is 5.91 Å². The Morgan fingerprint density at radius 3 is 2.94 bits per heavy atom. The number of aromatic nitrogens is 3. The minimum Gasteiger partial charge on any atom is -0.478 e. The SMILES string of the molecule is O=C(O)/C=C/C(=O)Nc1cc(Br)cn2cnnc12. The molecule has 2 N–H and O–H groups in total. The molecule has 0 aliphatic rings. The smallest absolute Gasteiger partial charge is 0.328 e. The Labute approximate surface area is 109 Å². The summed E-state index contributed by atoms with van der Waals surface area (Å²) in [5.74, 6) is -1.74. The van der Waals surface area contributed by atoms with Gasteiger partial charge >= 0.3 is 5.97 Å². The number of carboxylic acid groups (broad SMARTS) is 1. The molecule has 0 aliphatic heterocycles. The number of anilines is 1. The number of carbonyl (C=O) groups is 2. The van der Waals surface area contributed by atoms with E-state index >= 15 is 0 Å². The highest BCUT2D eigenvalue weighted by Gasteiger charge is 2.07. The molecule has 0 unspecified atom stereocenters. The molecule has 18 heavy (non-hydrogen) atoms. The summed E-state index contributed by atoms with van der Waals surface area (Å²) >= 11 is 3.28. The first-order valence-corrected chi connectivity index (χ1v) is 5.56. The van der Waals surface area contributed by atoms with E-state index in [1.165, 1.54) is 6.33 Å². The molecule has 2 aromatic rings. The second-order valence-corrected chi connectivity index (χ2v) is 4.21. The van der Waals surface area contributed by atoms with Crippen LogP contribution < -0.4 is 5.32 Å². The van der Waals surface area contributed by atoms with Crippen LogP contribution in [-0.4, -0.2) is 31.6 Å². The Morgan fingerprint density at radius 2 is 2.22 bits per heavy atom. The summed E-state index contributed by atoms with van der Waals surface area (Å²) in [5, 5.41) is 18.5. The number of rotatable bonds is 3. The molecule has 0 fully saturated rings. The number of halogens is 1. The summed E-state index contributed by atoms with van der Waals surface area (Å²) in [6, 6.07) is 1.65. The molecule has 0 aromatic carbocycles. The molecule has 0 atom stereocenters. The zero-order valence-electron chi connectivity index (χ0n) is 8.87. The number of hydrogen-bond donors (Lipinski definition) is 2. The van der Waals surface area contributed by atoms with E-state index in [2.05, 4.69) is 31.4 Å². The van der Waals surface area contributed by atoms with E-state index in [-0.39, 0.29) is 0 Å². The van der Waals surface area contributed by atoms with Gasteiger partial charge in [-0.3, -0.25) is 9.20 Å². The van der Waals surface area contributed by atoms with E-state index < -0.39 is 11.9 Å². The van der Waals surface area contributed by atoms with Crippen molar-refractivity contribution in [3.63, 3.8) is 0 Å². The maximum Gasteiger partial charge on any atom is 0.328 e. The molecule has 0 radical (unpaired) electrons. The first-order chi connectivity index (χ1) is 8.56. The third-order valence-corrected chi connectivity index (χ3v) is 2.43. The molecular formula is C10H7BrN4O3. The van der Waals surface area contributed by atoms with E-state index in [9.17, 15) is 9.59 Å². The molecule has 0 spiro atoms. The summed E-state index contributed by atoms with van der Waals surface area (Å²) in [5.41, 5.74) is 0.900. The van der Waals surface area contributed by atoms with Crippen molar-refractivity contribution in [3.8, 4) is 0 Å². The molecule has 0 aliphatic carbocycles. The van der Waals surface area contributed by atoms with Crippen LogP contribution >= 0.6 is 15.9 Å². The maximum atomic E-state index is 11.5. The predicted octanol–water partition coefficient (Wildman–Crippen LogP) is 1.07. The number of nitrogens with one attached hydrogen (secondary N) is 1. The lowest BCUT2D eigenvalue weighted by Crippen LogP contribution is -2.10. The van der Waals surface area contributed by atoms with Gasteiger partial charge in [-0.1, -0.05) is 0 Å². The molecule has 0 saturated carbocycles. The number of pyridine rings is 1. The fraction of sp³-hybridized carbons (Fsp3) is 0. The van der Waals surface area contributed by atoms with E-state index in [1.807, 2.05) is 0 Å². The summed E-state index contributed by atoms with van der Waals surface area (Å²) < 4.78 is 2.35. The van der Waals surface area contributed by atoms with Crippen LogP contribution in [-0.2, 0) is 9.59 Å². The van der Waals surface area contributed by atoms with Gasteiger partial charge in [0.1, 0.15) is 6.33 Å². The zero-order valence-corrected chi connectivity index (χ0v) is 10.5. The van der Waals surface area contributed by atoms with Gasteiger partial charge in [-0.15, -0.1) is 10.2 Å². The lowest BCUT2D eigenvalue weighted by atomic mass is 10.3. The molecular weight excluding hydrogens is 304 g/mol. The highest BCUT2D eigenvalue weighted by atomic mass is 79.9. The van der Waals surface area contributed by atoms with Gasteiger partial charge in [0, 0.05) is 22.8 Å². The average molecular weight is 311 g/mol. The van der Waals surface area contributed by atoms with Crippen LogP contribution in [0.1, 0.15) is 0 Å². The maximum absolute atomic E-state index is 11.5. The molecule has 2 rings (SSSR count). The Balaban J connectivity index is 2.28. The average Bonchev–Trinajstić information content (AvgIpc) is 2.74. The van der Waals surface area contributed by atoms with E-state index in [0.717, 1.165) is 16.6 Å². The summed E-state index contributed by atoms with van der Waals surface area (Å²) in [7, 11) is 0. The predicted molar refractivity (Wildman–Crippen MR) is 66.1 cm³/mol. The van der Waals surface area contributed by atoms with Crippen molar-refractivity contribution in [2.45, 2.75) is 0 Å². The highest BCUT2D eigenvalue weighted by Crippen LogP contribution is 2.20. The molecule has 2 heterocycles. The first kappa shape index (κ1) is 12.2. The van der Waals surface area contributed by atoms with E-state index in [1.54, 1.807) is 16.7 Å². The van der Waals surface area contributed by atoms with Gasteiger partial charge in [-0.25, -0.2) is 4.79 Å². The van der Waals surface area contributed by atoms with Crippen LogP contribution in [0.15, 0.2) is 35.2 Å². The minimum atomic E-state index is -1.19. The molecule has 0 saturated heterocycles. The molecule has 7 nitrogen and oxygen atoms in total. The summed E-state index contributed by atoms with van der Waals surface area (Å²) in [4.78, 5) is 21.7. The number of hydrogen-bond acceptors (Lipinski definition) is 4. The fourth-order valence-corrected chi connectivity index (χ4v) is 1.77. The van der Waals surface area contributed by atoms with Crippen LogP contribution in [0, 0.1) is 0 Å². The molecule has 0 bridgehead atoms.